The maximum absolute atomic E-state index is 12.9. The van der Waals surface area contributed by atoms with E-state index in [2.05, 4.69) is 5.32 Å². The van der Waals surface area contributed by atoms with Crippen LogP contribution in [0.3, 0.4) is 0 Å². The number of hydrogen-bond donors (Lipinski definition) is 2. The zero-order valence-corrected chi connectivity index (χ0v) is 10.8. The molecule has 0 saturated carbocycles. The average Bonchev–Trinajstić information content (AvgIpc) is 2.34. The SMILES string of the molecule is Cc1cccc(C)c1Nc1cccc(C)c1NF. The Kier molecular flexibility index (Phi) is 3.51. The second-order valence-electron chi connectivity index (χ2n) is 4.48. The minimum Gasteiger partial charge on any atom is -0.353 e. The number of benzene rings is 2. The maximum atomic E-state index is 12.9. The standard InChI is InChI=1S/C15H17FN2/c1-10-6-4-7-11(2)14(10)17-13-9-5-8-12(3)15(13)18-16/h4-9,17-18H,1-3H3. The number of aryl methyl sites for hydroxylation is 3. The van der Waals surface area contributed by atoms with Crippen molar-refractivity contribution in [2.45, 2.75) is 20.8 Å². The van der Waals surface area contributed by atoms with Gasteiger partial charge in [0.2, 0.25) is 0 Å². The molecule has 2 aromatic rings. The first-order chi connectivity index (χ1) is 8.63. The van der Waals surface area contributed by atoms with Crippen LogP contribution in [0.5, 0.6) is 0 Å². The molecule has 0 bridgehead atoms. The number of hydrogen-bond acceptors (Lipinski definition) is 2. The molecular weight excluding hydrogens is 227 g/mol. The van der Waals surface area contributed by atoms with E-state index in [4.69, 9.17) is 0 Å². The third-order valence-electron chi connectivity index (χ3n) is 3.11. The first-order valence-corrected chi connectivity index (χ1v) is 5.93. The van der Waals surface area contributed by atoms with Crippen molar-refractivity contribution in [3.8, 4) is 0 Å². The molecule has 0 saturated heterocycles. The Morgan fingerprint density at radius 2 is 1.28 bits per heavy atom. The lowest BCUT2D eigenvalue weighted by molar-refractivity contribution is 0.617. The minimum atomic E-state index is 0.486. The Balaban J connectivity index is 2.43. The van der Waals surface area contributed by atoms with Crippen molar-refractivity contribution >= 4 is 17.1 Å². The van der Waals surface area contributed by atoms with Gasteiger partial charge in [0.25, 0.3) is 0 Å². The highest BCUT2D eigenvalue weighted by Gasteiger charge is 2.08. The summed E-state index contributed by atoms with van der Waals surface area (Å²) in [5.74, 6) is 0. The highest BCUT2D eigenvalue weighted by atomic mass is 19.2. The number of rotatable bonds is 3. The smallest absolute Gasteiger partial charge is 0.0919 e. The molecule has 0 amide bonds. The summed E-state index contributed by atoms with van der Waals surface area (Å²) in [4.78, 5) is 0. The van der Waals surface area contributed by atoms with Crippen LogP contribution in [-0.4, -0.2) is 0 Å². The van der Waals surface area contributed by atoms with Crippen LogP contribution in [0.25, 0.3) is 0 Å². The third kappa shape index (κ3) is 2.30. The fraction of sp³-hybridized carbons (Fsp3) is 0.200. The molecule has 0 aliphatic carbocycles. The summed E-state index contributed by atoms with van der Waals surface area (Å²) in [6.07, 6.45) is 0. The van der Waals surface area contributed by atoms with Crippen molar-refractivity contribution in [3.63, 3.8) is 0 Å². The van der Waals surface area contributed by atoms with Crippen molar-refractivity contribution in [1.29, 1.82) is 0 Å². The van der Waals surface area contributed by atoms with E-state index in [0.717, 1.165) is 28.1 Å². The zero-order chi connectivity index (χ0) is 13.1. The molecule has 0 fully saturated rings. The molecule has 0 atom stereocenters. The molecule has 18 heavy (non-hydrogen) atoms. The lowest BCUT2D eigenvalue weighted by Gasteiger charge is -2.16. The molecule has 2 nitrogen and oxygen atoms in total. The van der Waals surface area contributed by atoms with E-state index < -0.39 is 0 Å². The van der Waals surface area contributed by atoms with Crippen LogP contribution in [0, 0.1) is 20.8 Å². The first kappa shape index (κ1) is 12.4. The van der Waals surface area contributed by atoms with Crippen molar-refractivity contribution in [2.75, 3.05) is 10.9 Å². The molecular formula is C15H17FN2. The van der Waals surface area contributed by atoms with Gasteiger partial charge >= 0.3 is 0 Å². The van der Waals surface area contributed by atoms with Crippen molar-refractivity contribution in [2.24, 2.45) is 0 Å². The number of anilines is 3. The van der Waals surface area contributed by atoms with E-state index in [1.165, 1.54) is 0 Å². The Labute approximate surface area is 107 Å². The molecule has 94 valence electrons. The largest absolute Gasteiger partial charge is 0.353 e. The average molecular weight is 244 g/mol. The van der Waals surface area contributed by atoms with E-state index >= 15 is 0 Å². The van der Waals surface area contributed by atoms with Gasteiger partial charge in [-0.3, -0.25) is 0 Å². The highest BCUT2D eigenvalue weighted by molar-refractivity contribution is 5.78. The van der Waals surface area contributed by atoms with Gasteiger partial charge in [-0.15, -0.1) is 4.48 Å². The number of halogens is 1. The van der Waals surface area contributed by atoms with Gasteiger partial charge in [-0.1, -0.05) is 30.3 Å². The van der Waals surface area contributed by atoms with Gasteiger partial charge in [0, 0.05) is 5.69 Å². The van der Waals surface area contributed by atoms with Crippen LogP contribution >= 0.6 is 0 Å². The summed E-state index contributed by atoms with van der Waals surface area (Å²) >= 11 is 0. The Hall–Kier alpha value is -2.03. The second-order valence-corrected chi connectivity index (χ2v) is 4.48. The predicted molar refractivity (Wildman–Crippen MR) is 75.1 cm³/mol. The molecule has 0 aromatic heterocycles. The Morgan fingerprint density at radius 3 is 1.83 bits per heavy atom. The van der Waals surface area contributed by atoms with E-state index in [1.54, 1.807) is 5.54 Å². The molecule has 0 unspecified atom stereocenters. The van der Waals surface area contributed by atoms with Gasteiger partial charge in [0.1, 0.15) is 0 Å². The first-order valence-electron chi connectivity index (χ1n) is 5.93. The zero-order valence-electron chi connectivity index (χ0n) is 10.8. The summed E-state index contributed by atoms with van der Waals surface area (Å²) in [5, 5.41) is 3.30. The van der Waals surface area contributed by atoms with E-state index in [0.29, 0.717) is 5.69 Å². The molecule has 2 rings (SSSR count). The summed E-state index contributed by atoms with van der Waals surface area (Å²) < 4.78 is 12.9. The van der Waals surface area contributed by atoms with Crippen LogP contribution in [0.2, 0.25) is 0 Å². The molecule has 0 aliphatic rings. The fourth-order valence-corrected chi connectivity index (χ4v) is 2.04. The predicted octanol–water partition coefficient (Wildman–Crippen LogP) is 4.65. The Morgan fingerprint density at radius 1 is 0.778 bits per heavy atom. The van der Waals surface area contributed by atoms with Gasteiger partial charge in [-0.2, -0.15) is 0 Å². The number of nitrogens with one attached hydrogen (secondary N) is 2. The fourth-order valence-electron chi connectivity index (χ4n) is 2.04. The molecule has 0 heterocycles. The lowest BCUT2D eigenvalue weighted by Crippen LogP contribution is -1.99. The Bertz CT molecular complexity index is 544. The van der Waals surface area contributed by atoms with E-state index in [1.807, 2.05) is 57.2 Å². The van der Waals surface area contributed by atoms with Gasteiger partial charge in [-0.05, 0) is 43.5 Å². The van der Waals surface area contributed by atoms with E-state index in [9.17, 15) is 4.48 Å². The van der Waals surface area contributed by atoms with Crippen molar-refractivity contribution in [1.82, 2.24) is 0 Å². The number of para-hydroxylation sites is 2. The molecule has 0 spiro atoms. The highest BCUT2D eigenvalue weighted by Crippen LogP contribution is 2.31. The molecule has 3 heteroatoms. The third-order valence-corrected chi connectivity index (χ3v) is 3.11. The minimum absolute atomic E-state index is 0.486. The molecule has 0 radical (unpaired) electrons. The van der Waals surface area contributed by atoms with Crippen LogP contribution in [0.4, 0.5) is 21.5 Å². The molecule has 2 aromatic carbocycles. The van der Waals surface area contributed by atoms with Gasteiger partial charge in [0.15, 0.2) is 0 Å². The maximum Gasteiger partial charge on any atom is 0.0919 e. The van der Waals surface area contributed by atoms with Gasteiger partial charge in [-0.25, -0.2) is 5.54 Å². The quantitative estimate of drug-likeness (QED) is 0.768. The monoisotopic (exact) mass is 244 g/mol. The summed E-state index contributed by atoms with van der Waals surface area (Å²) in [5.41, 5.74) is 7.17. The lowest BCUT2D eigenvalue weighted by atomic mass is 10.1. The molecule has 2 N–H and O–H groups in total. The van der Waals surface area contributed by atoms with Crippen molar-refractivity contribution < 1.29 is 4.48 Å². The normalized spacial score (nSPS) is 10.2. The van der Waals surface area contributed by atoms with Gasteiger partial charge < -0.3 is 5.32 Å². The van der Waals surface area contributed by atoms with Crippen LogP contribution < -0.4 is 10.9 Å². The van der Waals surface area contributed by atoms with E-state index in [-0.39, 0.29) is 0 Å². The second kappa shape index (κ2) is 5.08. The van der Waals surface area contributed by atoms with Gasteiger partial charge in [0.05, 0.1) is 11.4 Å². The summed E-state index contributed by atoms with van der Waals surface area (Å²) in [7, 11) is 0. The van der Waals surface area contributed by atoms with Crippen LogP contribution in [-0.2, 0) is 0 Å². The summed E-state index contributed by atoms with van der Waals surface area (Å²) in [6, 6.07) is 11.7. The van der Waals surface area contributed by atoms with Crippen LogP contribution in [0.1, 0.15) is 16.7 Å². The summed E-state index contributed by atoms with van der Waals surface area (Å²) in [6.45, 7) is 5.94. The van der Waals surface area contributed by atoms with Crippen molar-refractivity contribution in [3.05, 3.63) is 53.1 Å². The molecule has 0 aliphatic heterocycles. The van der Waals surface area contributed by atoms with Crippen LogP contribution in [0.15, 0.2) is 36.4 Å². The topological polar surface area (TPSA) is 24.1 Å².